The second-order valence-electron chi connectivity index (χ2n) is 11.4. The summed E-state index contributed by atoms with van der Waals surface area (Å²) < 4.78 is 6.99. The third-order valence-electron chi connectivity index (χ3n) is 8.91. The standard InChI is InChI=1S/C30H38ClN3O5/c1-5-15-32-16-9-13-29(6-2)23(26(32)36)24-27(37)34(22(18-35)19(3)4)25-28(38)33(17-10-14-30(24,25)39-29)21-12-8-7-11-20(21)31/h7-14,19,22-25,35H,5-6,15-18H2,1-4H3/t22-,23-,24-,25?,29+,30-/m0/s1. The number of halogens is 1. The van der Waals surface area contributed by atoms with Crippen LogP contribution in [0.2, 0.25) is 5.02 Å². The molecular formula is C30H38ClN3O5. The molecule has 2 fully saturated rings. The van der Waals surface area contributed by atoms with Crippen molar-refractivity contribution in [1.82, 2.24) is 9.80 Å². The van der Waals surface area contributed by atoms with Crippen molar-refractivity contribution >= 4 is 35.0 Å². The number of carbonyl (C=O) groups is 3. The van der Waals surface area contributed by atoms with Gasteiger partial charge in [-0.25, -0.2) is 0 Å². The Bertz CT molecular complexity index is 1220. The number of para-hydroxylation sites is 1. The van der Waals surface area contributed by atoms with E-state index in [-0.39, 0.29) is 36.8 Å². The first kappa shape index (κ1) is 27.9. The number of hydrogen-bond donors (Lipinski definition) is 1. The molecule has 3 amide bonds. The fourth-order valence-electron chi connectivity index (χ4n) is 7.09. The highest BCUT2D eigenvalue weighted by molar-refractivity contribution is 6.34. The number of fused-ring (bicyclic) bond motifs is 2. The van der Waals surface area contributed by atoms with Crippen LogP contribution in [0.3, 0.4) is 0 Å². The van der Waals surface area contributed by atoms with Gasteiger partial charge in [0.2, 0.25) is 11.8 Å². The highest BCUT2D eigenvalue weighted by atomic mass is 35.5. The minimum atomic E-state index is -1.37. The van der Waals surface area contributed by atoms with Crippen molar-refractivity contribution in [3.05, 3.63) is 53.6 Å². The monoisotopic (exact) mass is 555 g/mol. The van der Waals surface area contributed by atoms with E-state index in [0.717, 1.165) is 6.42 Å². The molecule has 8 nitrogen and oxygen atoms in total. The van der Waals surface area contributed by atoms with Crippen molar-refractivity contribution in [2.45, 2.75) is 63.8 Å². The van der Waals surface area contributed by atoms with Crippen LogP contribution >= 0.6 is 11.6 Å². The number of aliphatic hydroxyl groups is 1. The largest absolute Gasteiger partial charge is 0.394 e. The van der Waals surface area contributed by atoms with E-state index in [0.29, 0.717) is 30.2 Å². The highest BCUT2D eigenvalue weighted by Gasteiger charge is 2.76. The lowest BCUT2D eigenvalue weighted by Gasteiger charge is -2.41. The number of likely N-dealkylation sites (tertiary alicyclic amines) is 1. The number of ether oxygens (including phenoxy) is 1. The molecule has 210 valence electrons. The van der Waals surface area contributed by atoms with E-state index in [4.69, 9.17) is 16.3 Å². The van der Waals surface area contributed by atoms with Crippen LogP contribution in [-0.2, 0) is 19.1 Å². The quantitative estimate of drug-likeness (QED) is 0.521. The van der Waals surface area contributed by atoms with Crippen LogP contribution < -0.4 is 4.90 Å². The third kappa shape index (κ3) is 4.06. The fourth-order valence-corrected chi connectivity index (χ4v) is 7.32. The van der Waals surface area contributed by atoms with Crippen molar-refractivity contribution in [3.63, 3.8) is 0 Å². The Hall–Kier alpha value is -2.68. The summed E-state index contributed by atoms with van der Waals surface area (Å²) in [7, 11) is 0. The van der Waals surface area contributed by atoms with Crippen LogP contribution in [0, 0.1) is 17.8 Å². The minimum absolute atomic E-state index is 0.127. The molecule has 0 radical (unpaired) electrons. The second kappa shape index (κ2) is 10.4. The lowest BCUT2D eigenvalue weighted by Crippen LogP contribution is -2.60. The molecule has 0 aromatic heterocycles. The molecule has 2 saturated heterocycles. The normalized spacial score (nSPS) is 32.8. The summed E-state index contributed by atoms with van der Waals surface area (Å²) in [5.41, 5.74) is -1.86. The van der Waals surface area contributed by atoms with Gasteiger partial charge in [-0.15, -0.1) is 0 Å². The molecule has 1 unspecified atom stereocenters. The number of nitrogens with zero attached hydrogens (tertiary/aromatic N) is 3. The maximum absolute atomic E-state index is 14.6. The molecule has 0 bridgehead atoms. The molecule has 4 aliphatic heterocycles. The summed E-state index contributed by atoms with van der Waals surface area (Å²) >= 11 is 6.53. The number of anilines is 1. The molecule has 1 aromatic rings. The fraction of sp³-hybridized carbons (Fsp3) is 0.567. The topological polar surface area (TPSA) is 90.4 Å². The molecule has 0 saturated carbocycles. The van der Waals surface area contributed by atoms with Gasteiger partial charge in [0.25, 0.3) is 5.91 Å². The van der Waals surface area contributed by atoms with E-state index in [2.05, 4.69) is 0 Å². The number of rotatable bonds is 7. The first-order valence-electron chi connectivity index (χ1n) is 14.0. The summed E-state index contributed by atoms with van der Waals surface area (Å²) in [6.07, 6.45) is 8.84. The predicted molar refractivity (Wildman–Crippen MR) is 149 cm³/mol. The van der Waals surface area contributed by atoms with Gasteiger partial charge in [-0.3, -0.25) is 14.4 Å². The van der Waals surface area contributed by atoms with Gasteiger partial charge in [0.05, 0.1) is 40.8 Å². The molecule has 1 aromatic carbocycles. The summed E-state index contributed by atoms with van der Waals surface area (Å²) in [4.78, 5) is 48.2. The van der Waals surface area contributed by atoms with Crippen molar-refractivity contribution in [2.24, 2.45) is 17.8 Å². The molecule has 4 aliphatic rings. The smallest absolute Gasteiger partial charge is 0.253 e. The van der Waals surface area contributed by atoms with Gasteiger partial charge in [0.1, 0.15) is 11.6 Å². The molecule has 6 atom stereocenters. The average molecular weight is 556 g/mol. The summed E-state index contributed by atoms with van der Waals surface area (Å²) in [5.74, 6) is -2.63. The Morgan fingerprint density at radius 2 is 1.74 bits per heavy atom. The first-order valence-corrected chi connectivity index (χ1v) is 14.4. The Balaban J connectivity index is 1.71. The zero-order valence-electron chi connectivity index (χ0n) is 23.0. The average Bonchev–Trinajstić information content (AvgIpc) is 3.20. The number of aliphatic hydroxyl groups excluding tert-OH is 1. The van der Waals surface area contributed by atoms with Crippen molar-refractivity contribution in [1.29, 1.82) is 0 Å². The van der Waals surface area contributed by atoms with Crippen LogP contribution in [0.1, 0.15) is 40.5 Å². The van der Waals surface area contributed by atoms with Gasteiger partial charge < -0.3 is 24.5 Å². The van der Waals surface area contributed by atoms with Crippen LogP contribution in [0.5, 0.6) is 0 Å². The van der Waals surface area contributed by atoms with Gasteiger partial charge in [-0.1, -0.05) is 75.7 Å². The van der Waals surface area contributed by atoms with Gasteiger partial charge in [-0.05, 0) is 30.9 Å². The molecule has 39 heavy (non-hydrogen) atoms. The highest BCUT2D eigenvalue weighted by Crippen LogP contribution is 2.59. The maximum atomic E-state index is 14.6. The lowest BCUT2D eigenvalue weighted by atomic mass is 9.73. The minimum Gasteiger partial charge on any atom is -0.394 e. The number of amides is 3. The zero-order chi connectivity index (χ0) is 28.1. The van der Waals surface area contributed by atoms with E-state index in [1.54, 1.807) is 28.0 Å². The molecule has 5 rings (SSSR count). The SMILES string of the molecule is CCCN1CC=C[C@@]2(CC)O[C@]34C=CCN(c5ccccc5Cl)C(=O)C3N([C@@H](CO)C(C)C)C(=O)[C@@H]4[C@H]2C1=O. The Kier molecular flexibility index (Phi) is 7.42. The molecule has 1 N–H and O–H groups in total. The number of benzene rings is 1. The van der Waals surface area contributed by atoms with Gasteiger partial charge in [-0.2, -0.15) is 0 Å². The molecule has 4 heterocycles. The molecule has 1 spiro atoms. The van der Waals surface area contributed by atoms with Crippen molar-refractivity contribution < 1.29 is 24.2 Å². The number of hydrogen-bond acceptors (Lipinski definition) is 5. The lowest BCUT2D eigenvalue weighted by molar-refractivity contribution is -0.153. The summed E-state index contributed by atoms with van der Waals surface area (Å²) in [6, 6.07) is 5.41. The molecular weight excluding hydrogens is 518 g/mol. The van der Waals surface area contributed by atoms with Crippen LogP contribution in [0.25, 0.3) is 0 Å². The van der Waals surface area contributed by atoms with Gasteiger partial charge in [0, 0.05) is 19.6 Å². The van der Waals surface area contributed by atoms with E-state index in [1.807, 2.05) is 58.1 Å². The third-order valence-corrected chi connectivity index (χ3v) is 9.23. The Morgan fingerprint density at radius 3 is 2.38 bits per heavy atom. The van der Waals surface area contributed by atoms with Crippen LogP contribution in [0.4, 0.5) is 5.69 Å². The Morgan fingerprint density at radius 1 is 1.03 bits per heavy atom. The molecule has 0 aliphatic carbocycles. The van der Waals surface area contributed by atoms with E-state index >= 15 is 0 Å². The summed E-state index contributed by atoms with van der Waals surface area (Å²) in [6.45, 7) is 8.75. The maximum Gasteiger partial charge on any atom is 0.253 e. The van der Waals surface area contributed by atoms with Gasteiger partial charge >= 0.3 is 0 Å². The van der Waals surface area contributed by atoms with E-state index in [9.17, 15) is 19.5 Å². The number of carbonyl (C=O) groups excluding carboxylic acids is 3. The van der Waals surface area contributed by atoms with E-state index in [1.165, 1.54) is 4.90 Å². The van der Waals surface area contributed by atoms with Crippen molar-refractivity contribution in [2.75, 3.05) is 31.1 Å². The van der Waals surface area contributed by atoms with Crippen LogP contribution in [-0.4, -0.2) is 82.2 Å². The predicted octanol–water partition coefficient (Wildman–Crippen LogP) is 3.43. The Labute approximate surface area is 235 Å². The van der Waals surface area contributed by atoms with Crippen molar-refractivity contribution in [3.8, 4) is 0 Å². The zero-order valence-corrected chi connectivity index (χ0v) is 23.8. The van der Waals surface area contributed by atoms with Gasteiger partial charge in [0.15, 0.2) is 0 Å². The van der Waals surface area contributed by atoms with E-state index < -0.39 is 35.1 Å². The second-order valence-corrected chi connectivity index (χ2v) is 11.8. The first-order chi connectivity index (χ1) is 18.7. The van der Waals surface area contributed by atoms with Crippen LogP contribution in [0.15, 0.2) is 48.6 Å². The molecule has 9 heteroatoms. The summed E-state index contributed by atoms with van der Waals surface area (Å²) in [5, 5.41) is 10.9.